The third-order valence-corrected chi connectivity index (χ3v) is 9.63. The van der Waals surface area contributed by atoms with E-state index in [1.54, 1.807) is 25.1 Å². The van der Waals surface area contributed by atoms with Gasteiger partial charge in [0.1, 0.15) is 12.6 Å². The predicted molar refractivity (Wildman–Crippen MR) is 181 cm³/mol. The summed E-state index contributed by atoms with van der Waals surface area (Å²) in [6.45, 7) is 5.91. The zero-order chi connectivity index (χ0) is 32.4. The Labute approximate surface area is 271 Å². The molecule has 0 aromatic heterocycles. The second-order valence-corrected chi connectivity index (χ2v) is 13.4. The van der Waals surface area contributed by atoms with Crippen LogP contribution in [0.1, 0.15) is 42.0 Å². The number of nitrogens with one attached hydrogen (secondary N) is 1. The summed E-state index contributed by atoms with van der Waals surface area (Å²) in [7, 11) is -4.20. The van der Waals surface area contributed by atoms with Crippen molar-refractivity contribution in [2.45, 2.75) is 57.5 Å². The summed E-state index contributed by atoms with van der Waals surface area (Å²) < 4.78 is 29.4. The number of nitrogens with zero attached hydrogens (tertiary/aromatic N) is 2. The molecule has 0 saturated carbocycles. The van der Waals surface area contributed by atoms with E-state index in [0.717, 1.165) is 33.8 Å². The van der Waals surface area contributed by atoms with E-state index in [1.165, 1.54) is 29.2 Å². The van der Waals surface area contributed by atoms with Gasteiger partial charge >= 0.3 is 0 Å². The van der Waals surface area contributed by atoms with Gasteiger partial charge in [0.05, 0.1) is 10.6 Å². The van der Waals surface area contributed by atoms with Gasteiger partial charge in [-0.1, -0.05) is 103 Å². The van der Waals surface area contributed by atoms with Crippen LogP contribution in [0.3, 0.4) is 0 Å². The van der Waals surface area contributed by atoms with Crippen molar-refractivity contribution in [3.05, 3.63) is 130 Å². The minimum atomic E-state index is -4.20. The van der Waals surface area contributed by atoms with E-state index in [1.807, 2.05) is 74.5 Å². The van der Waals surface area contributed by atoms with Gasteiger partial charge in [-0.25, -0.2) is 8.42 Å². The van der Waals surface area contributed by atoms with Gasteiger partial charge in [0.2, 0.25) is 11.8 Å². The van der Waals surface area contributed by atoms with Crippen molar-refractivity contribution in [1.82, 2.24) is 10.2 Å². The highest BCUT2D eigenvalue weighted by molar-refractivity contribution is 7.92. The van der Waals surface area contributed by atoms with E-state index in [9.17, 15) is 18.0 Å². The molecule has 1 atom stereocenters. The molecule has 9 heteroatoms. The minimum absolute atomic E-state index is 0.00586. The molecular weight excluding hydrogens is 606 g/mol. The number of hydrogen-bond donors (Lipinski definition) is 1. The van der Waals surface area contributed by atoms with Crippen LogP contribution >= 0.6 is 11.6 Å². The molecule has 4 rings (SSSR count). The molecule has 0 bridgehead atoms. The first-order chi connectivity index (χ1) is 21.6. The normalized spacial score (nSPS) is 11.9. The summed E-state index contributed by atoms with van der Waals surface area (Å²) in [6, 6.07) is 29.3. The zero-order valence-electron chi connectivity index (χ0n) is 25.9. The highest BCUT2D eigenvalue weighted by Crippen LogP contribution is 2.28. The number of sulfonamides is 1. The van der Waals surface area contributed by atoms with Crippen LogP contribution in [0.5, 0.6) is 0 Å². The molecule has 0 fully saturated rings. The topological polar surface area (TPSA) is 86.8 Å². The molecule has 7 nitrogen and oxygen atoms in total. The number of para-hydroxylation sites is 1. The van der Waals surface area contributed by atoms with Crippen molar-refractivity contribution < 1.29 is 18.0 Å². The first-order valence-corrected chi connectivity index (χ1v) is 16.9. The van der Waals surface area contributed by atoms with Crippen LogP contribution in [0, 0.1) is 13.8 Å². The van der Waals surface area contributed by atoms with Gasteiger partial charge in [-0.15, -0.1) is 0 Å². The van der Waals surface area contributed by atoms with Crippen molar-refractivity contribution in [2.75, 3.05) is 17.4 Å². The van der Waals surface area contributed by atoms with Crippen LogP contribution < -0.4 is 9.62 Å². The lowest BCUT2D eigenvalue weighted by Crippen LogP contribution is -2.53. The van der Waals surface area contributed by atoms with Crippen molar-refractivity contribution >= 4 is 39.1 Å². The van der Waals surface area contributed by atoms with Gasteiger partial charge in [-0.05, 0) is 67.3 Å². The maximum absolute atomic E-state index is 14.5. The average Bonchev–Trinajstić information content (AvgIpc) is 3.02. The summed E-state index contributed by atoms with van der Waals surface area (Å²) in [4.78, 5) is 29.9. The predicted octanol–water partition coefficient (Wildman–Crippen LogP) is 6.71. The molecule has 0 unspecified atom stereocenters. The molecule has 0 aliphatic heterocycles. The third kappa shape index (κ3) is 8.96. The Bertz CT molecular complexity index is 1700. The number of benzene rings is 4. The summed E-state index contributed by atoms with van der Waals surface area (Å²) in [5.74, 6) is -0.778. The van der Waals surface area contributed by atoms with Crippen molar-refractivity contribution in [1.29, 1.82) is 0 Å². The molecular formula is C36H40ClN3O4S. The molecule has 0 aliphatic carbocycles. The molecule has 0 saturated heterocycles. The second kappa shape index (κ2) is 15.7. The van der Waals surface area contributed by atoms with Crippen molar-refractivity contribution in [3.63, 3.8) is 0 Å². The fourth-order valence-corrected chi connectivity index (χ4v) is 6.76. The molecule has 2 amide bonds. The van der Waals surface area contributed by atoms with E-state index in [2.05, 4.69) is 5.32 Å². The first-order valence-electron chi connectivity index (χ1n) is 15.1. The Morgan fingerprint density at radius 3 is 2.18 bits per heavy atom. The van der Waals surface area contributed by atoms with Crippen LogP contribution in [0.2, 0.25) is 5.02 Å². The Hall–Kier alpha value is -4.14. The number of hydrogen-bond acceptors (Lipinski definition) is 4. The average molecular weight is 646 g/mol. The largest absolute Gasteiger partial charge is 0.354 e. The second-order valence-electron chi connectivity index (χ2n) is 11.1. The number of unbranched alkanes of at least 4 members (excludes halogenated alkanes) is 1. The van der Waals surface area contributed by atoms with Gasteiger partial charge in [-0.3, -0.25) is 13.9 Å². The molecule has 4 aromatic rings. The van der Waals surface area contributed by atoms with Gasteiger partial charge in [0.15, 0.2) is 0 Å². The lowest BCUT2D eigenvalue weighted by atomic mass is 10.0. The molecule has 0 heterocycles. The van der Waals surface area contributed by atoms with Crippen molar-refractivity contribution in [3.8, 4) is 0 Å². The fraction of sp³-hybridized carbons (Fsp3) is 0.278. The number of rotatable bonds is 14. The standard InChI is InChI=1S/C36H40ClN3O4S/c1-4-5-22-38-36(42)34(24-29-14-7-6-8-15-29)39(25-30-16-11-12-27(2)23-30)35(41)26-40(33-17-10-9-13-28(33)3)45(43,44)32-20-18-31(37)19-21-32/h6-21,23,34H,4-5,22,24-26H2,1-3H3,(H,38,42)/t34-/m1/s1. The van der Waals surface area contributed by atoms with E-state index < -0.39 is 28.5 Å². The summed E-state index contributed by atoms with van der Waals surface area (Å²) in [5.41, 5.74) is 3.80. The lowest BCUT2D eigenvalue weighted by molar-refractivity contribution is -0.140. The molecule has 4 aromatic carbocycles. The summed E-state index contributed by atoms with van der Waals surface area (Å²) >= 11 is 6.07. The number of aryl methyl sites for hydroxylation is 2. The first kappa shape index (κ1) is 33.7. The third-order valence-electron chi connectivity index (χ3n) is 7.60. The molecule has 0 aliphatic rings. The highest BCUT2D eigenvalue weighted by Gasteiger charge is 2.35. The number of carbonyl (C=O) groups is 2. The zero-order valence-corrected chi connectivity index (χ0v) is 27.5. The molecule has 0 radical (unpaired) electrons. The van der Waals surface area contributed by atoms with Crippen LogP contribution in [-0.2, 0) is 32.6 Å². The highest BCUT2D eigenvalue weighted by atomic mass is 35.5. The van der Waals surface area contributed by atoms with E-state index in [4.69, 9.17) is 11.6 Å². The summed E-state index contributed by atoms with van der Waals surface area (Å²) in [5, 5.41) is 3.41. The maximum Gasteiger partial charge on any atom is 0.264 e. The number of halogens is 1. The molecule has 236 valence electrons. The smallest absolute Gasteiger partial charge is 0.264 e. The minimum Gasteiger partial charge on any atom is -0.354 e. The SMILES string of the molecule is CCCCNC(=O)[C@@H](Cc1ccccc1)N(Cc1cccc(C)c1)C(=O)CN(c1ccccc1C)S(=O)(=O)c1ccc(Cl)cc1. The number of carbonyl (C=O) groups excluding carboxylic acids is 2. The van der Waals surface area contributed by atoms with Gasteiger partial charge in [0, 0.05) is 24.5 Å². The van der Waals surface area contributed by atoms with E-state index in [0.29, 0.717) is 22.8 Å². The van der Waals surface area contributed by atoms with E-state index in [-0.39, 0.29) is 23.8 Å². The van der Waals surface area contributed by atoms with Gasteiger partial charge in [0.25, 0.3) is 10.0 Å². The van der Waals surface area contributed by atoms with Crippen molar-refractivity contribution in [2.24, 2.45) is 0 Å². The van der Waals surface area contributed by atoms with Crippen LogP contribution in [-0.4, -0.2) is 44.3 Å². The molecule has 1 N–H and O–H groups in total. The van der Waals surface area contributed by atoms with Crippen LogP contribution in [0.4, 0.5) is 5.69 Å². The van der Waals surface area contributed by atoms with Crippen LogP contribution in [0.25, 0.3) is 0 Å². The maximum atomic E-state index is 14.5. The Kier molecular flexibility index (Phi) is 11.8. The number of anilines is 1. The Balaban J connectivity index is 1.80. The van der Waals surface area contributed by atoms with E-state index >= 15 is 0 Å². The lowest BCUT2D eigenvalue weighted by Gasteiger charge is -2.34. The number of amides is 2. The monoisotopic (exact) mass is 645 g/mol. The molecule has 45 heavy (non-hydrogen) atoms. The van der Waals surface area contributed by atoms with Crippen LogP contribution in [0.15, 0.2) is 108 Å². The fourth-order valence-electron chi connectivity index (χ4n) is 5.16. The van der Waals surface area contributed by atoms with Gasteiger partial charge in [-0.2, -0.15) is 0 Å². The Morgan fingerprint density at radius 2 is 1.51 bits per heavy atom. The quantitative estimate of drug-likeness (QED) is 0.155. The molecule has 0 spiro atoms. The van der Waals surface area contributed by atoms with Gasteiger partial charge < -0.3 is 10.2 Å². The summed E-state index contributed by atoms with van der Waals surface area (Å²) in [6.07, 6.45) is 1.98. The Morgan fingerprint density at radius 1 is 0.844 bits per heavy atom.